The first-order chi connectivity index (χ1) is 22.2. The molecule has 1 aromatic rings. The number of aliphatic hydroxyl groups excluding tert-OH is 1. The van der Waals surface area contributed by atoms with E-state index >= 15 is 0 Å². The Morgan fingerprint density at radius 2 is 1.72 bits per heavy atom. The Labute approximate surface area is 282 Å². The first kappa shape index (κ1) is 32.7. The summed E-state index contributed by atoms with van der Waals surface area (Å²) in [6.07, 6.45) is 10.8. The second-order valence-electron chi connectivity index (χ2n) is 18.5. The van der Waals surface area contributed by atoms with Crippen LogP contribution in [0.15, 0.2) is 24.3 Å². The molecule has 7 nitrogen and oxygen atoms in total. The molecule has 0 aromatic heterocycles. The molecule has 8 rings (SSSR count). The van der Waals surface area contributed by atoms with Gasteiger partial charge in [-0.25, -0.2) is 0 Å². The van der Waals surface area contributed by atoms with Gasteiger partial charge in [-0.15, -0.1) is 0 Å². The molecule has 0 bridgehead atoms. The van der Waals surface area contributed by atoms with Crippen LogP contribution in [0, 0.1) is 52.3 Å². The number of nitrogens with zero attached hydrogens (tertiary/aromatic N) is 1. The van der Waals surface area contributed by atoms with Crippen molar-refractivity contribution < 1.29 is 29.2 Å². The van der Waals surface area contributed by atoms with Gasteiger partial charge < -0.3 is 29.3 Å². The number of ether oxygens (including phenoxy) is 3. The molecule has 7 fully saturated rings. The van der Waals surface area contributed by atoms with Crippen molar-refractivity contribution in [2.24, 2.45) is 45.3 Å². The van der Waals surface area contributed by atoms with E-state index in [2.05, 4.69) is 20.8 Å². The van der Waals surface area contributed by atoms with Crippen molar-refractivity contribution in [2.45, 2.75) is 142 Å². The number of hydrogen-bond donors (Lipinski definition) is 2. The van der Waals surface area contributed by atoms with Crippen LogP contribution in [-0.2, 0) is 14.2 Å². The predicted octanol–water partition coefficient (Wildman–Crippen LogP) is 6.52. The number of morpholine rings is 1. The van der Waals surface area contributed by atoms with Gasteiger partial charge in [0.25, 0.3) is 5.91 Å². The number of benzene rings is 1. The molecule has 1 amide bonds. The number of hydrogen-bond acceptors (Lipinski definition) is 6. The third-order valence-electron chi connectivity index (χ3n) is 15.6. The maximum atomic E-state index is 13.3. The Kier molecular flexibility index (Phi) is 7.64. The smallest absolute Gasteiger partial charge is 0.254 e. The number of rotatable bonds is 5. The van der Waals surface area contributed by atoms with E-state index in [0.717, 1.165) is 42.7 Å². The minimum Gasteiger partial charge on any atom is -0.388 e. The number of aryl methyl sites for hydroxylation is 1. The average Bonchev–Trinajstić information content (AvgIpc) is 3.61. The summed E-state index contributed by atoms with van der Waals surface area (Å²) in [6, 6.07) is 7.85. The van der Waals surface area contributed by atoms with E-state index in [1.54, 1.807) is 13.8 Å². The van der Waals surface area contributed by atoms with Gasteiger partial charge in [0.05, 0.1) is 37.1 Å². The first-order valence-corrected chi connectivity index (χ1v) is 18.9. The lowest BCUT2D eigenvalue weighted by Gasteiger charge is -2.60. The summed E-state index contributed by atoms with van der Waals surface area (Å²) in [4.78, 5) is 15.2. The fraction of sp³-hybridized carbons (Fsp3) is 0.825. The molecule has 5 saturated carbocycles. The van der Waals surface area contributed by atoms with Crippen LogP contribution >= 0.6 is 0 Å². The number of amides is 1. The van der Waals surface area contributed by atoms with Crippen LogP contribution in [-0.4, -0.2) is 77.0 Å². The van der Waals surface area contributed by atoms with E-state index in [1.807, 2.05) is 36.1 Å². The van der Waals surface area contributed by atoms with Crippen LogP contribution in [0.1, 0.15) is 115 Å². The van der Waals surface area contributed by atoms with E-state index in [4.69, 9.17) is 14.2 Å². The van der Waals surface area contributed by atoms with Crippen LogP contribution in [0.25, 0.3) is 0 Å². The van der Waals surface area contributed by atoms with E-state index in [-0.39, 0.29) is 35.9 Å². The molecule has 12 unspecified atom stereocenters. The lowest BCUT2D eigenvalue weighted by molar-refractivity contribution is -0.241. The molecule has 1 aromatic carbocycles. The maximum absolute atomic E-state index is 13.3. The zero-order valence-corrected chi connectivity index (χ0v) is 29.7. The molecule has 2 aliphatic heterocycles. The van der Waals surface area contributed by atoms with E-state index < -0.39 is 11.7 Å². The Hall–Kier alpha value is -1.51. The normalized spacial score (nSPS) is 45.9. The van der Waals surface area contributed by atoms with Crippen molar-refractivity contribution in [1.29, 1.82) is 0 Å². The van der Waals surface area contributed by atoms with Crippen LogP contribution in [0.4, 0.5) is 0 Å². The highest BCUT2D eigenvalue weighted by molar-refractivity contribution is 5.94. The zero-order valence-electron chi connectivity index (χ0n) is 29.7. The molecular weight excluding hydrogens is 590 g/mol. The molecule has 260 valence electrons. The fourth-order valence-corrected chi connectivity index (χ4v) is 13.1. The summed E-state index contributed by atoms with van der Waals surface area (Å²) < 4.78 is 19.7. The maximum Gasteiger partial charge on any atom is 0.254 e. The summed E-state index contributed by atoms with van der Waals surface area (Å²) >= 11 is 0. The van der Waals surface area contributed by atoms with E-state index in [1.165, 1.54) is 38.5 Å². The Morgan fingerprint density at radius 1 is 0.979 bits per heavy atom. The molecule has 47 heavy (non-hydrogen) atoms. The third-order valence-corrected chi connectivity index (χ3v) is 15.6. The lowest BCUT2D eigenvalue weighted by Crippen LogP contribution is -2.56. The van der Waals surface area contributed by atoms with E-state index in [9.17, 15) is 15.0 Å². The SMILES string of the molecule is Cc1ccc(C(=O)N2CCOC(OC3CCC45CC46CCC4(C)C7CCC(C(O)C(C)(C)O)OC7CC4C6CCC5C3(C)C)C2)cc1. The minimum atomic E-state index is -1.15. The predicted molar refractivity (Wildman–Crippen MR) is 180 cm³/mol. The summed E-state index contributed by atoms with van der Waals surface area (Å²) in [5.41, 5.74) is 1.99. The topological polar surface area (TPSA) is 88.5 Å². The number of aliphatic hydroxyl groups is 2. The quantitative estimate of drug-likeness (QED) is 0.378. The molecular formula is C40H59NO6. The fourth-order valence-electron chi connectivity index (χ4n) is 13.1. The standard InChI is InChI=1S/C40H59NO6/c1-24-7-9-25(10-8-24)35(43)41-19-20-45-33(22-41)47-32-15-16-40-23-39(40)18-17-38(6)27-11-13-29(34(42)37(4,5)44)46-30(27)21-28(38)26(39)12-14-31(40)36(32,2)3/h7-10,26-34,42,44H,11-23H2,1-6H3. The third kappa shape index (κ3) is 4.87. The van der Waals surface area contributed by atoms with Gasteiger partial charge >= 0.3 is 0 Å². The van der Waals surface area contributed by atoms with Crippen molar-refractivity contribution in [3.8, 4) is 0 Å². The van der Waals surface area contributed by atoms with Crippen molar-refractivity contribution in [3.63, 3.8) is 0 Å². The van der Waals surface area contributed by atoms with Crippen molar-refractivity contribution >= 4 is 5.91 Å². The summed E-state index contributed by atoms with van der Waals surface area (Å²) in [5.74, 6) is 2.73. The molecule has 2 heterocycles. The zero-order chi connectivity index (χ0) is 33.1. The Bertz CT molecular complexity index is 1370. The highest BCUT2D eigenvalue weighted by atomic mass is 16.7. The number of fused-ring (bicyclic) bond motifs is 4. The minimum absolute atomic E-state index is 0.0489. The van der Waals surface area contributed by atoms with Gasteiger partial charge in [0.1, 0.15) is 6.10 Å². The van der Waals surface area contributed by atoms with Crippen LogP contribution in [0.2, 0.25) is 0 Å². The van der Waals surface area contributed by atoms with Gasteiger partial charge in [0.15, 0.2) is 6.29 Å². The average molecular weight is 650 g/mol. The molecule has 2 spiro atoms. The van der Waals surface area contributed by atoms with Gasteiger partial charge in [-0.05, 0) is 142 Å². The summed E-state index contributed by atoms with van der Waals surface area (Å²) in [6.45, 7) is 14.5. The second kappa shape index (κ2) is 11.0. The first-order valence-electron chi connectivity index (χ1n) is 18.9. The van der Waals surface area contributed by atoms with Crippen LogP contribution < -0.4 is 0 Å². The monoisotopic (exact) mass is 649 g/mol. The highest BCUT2D eigenvalue weighted by Crippen LogP contribution is 2.87. The molecule has 2 N–H and O–H groups in total. The van der Waals surface area contributed by atoms with Crippen LogP contribution in [0.3, 0.4) is 0 Å². The summed E-state index contributed by atoms with van der Waals surface area (Å²) in [7, 11) is 0. The molecule has 0 radical (unpaired) electrons. The number of carbonyl (C=O) groups is 1. The van der Waals surface area contributed by atoms with Gasteiger partial charge in [-0.3, -0.25) is 4.79 Å². The second-order valence-corrected chi connectivity index (χ2v) is 18.5. The van der Waals surface area contributed by atoms with Crippen molar-refractivity contribution in [2.75, 3.05) is 19.7 Å². The molecule has 7 aliphatic rings. The lowest BCUT2D eigenvalue weighted by atomic mass is 9.46. The molecule has 12 atom stereocenters. The van der Waals surface area contributed by atoms with Crippen LogP contribution in [0.5, 0.6) is 0 Å². The van der Waals surface area contributed by atoms with Gasteiger partial charge in [0.2, 0.25) is 0 Å². The molecule has 5 aliphatic carbocycles. The summed E-state index contributed by atoms with van der Waals surface area (Å²) in [5, 5.41) is 21.4. The van der Waals surface area contributed by atoms with Crippen molar-refractivity contribution in [3.05, 3.63) is 35.4 Å². The highest BCUT2D eigenvalue weighted by Gasteiger charge is 2.80. The Balaban J connectivity index is 0.948. The van der Waals surface area contributed by atoms with E-state index in [0.29, 0.717) is 53.7 Å². The van der Waals surface area contributed by atoms with Gasteiger partial charge in [-0.1, -0.05) is 38.5 Å². The van der Waals surface area contributed by atoms with Crippen molar-refractivity contribution in [1.82, 2.24) is 4.90 Å². The number of carbonyl (C=O) groups excluding carboxylic acids is 1. The van der Waals surface area contributed by atoms with Gasteiger partial charge in [-0.2, -0.15) is 0 Å². The van der Waals surface area contributed by atoms with Gasteiger partial charge in [0, 0.05) is 12.1 Å². The molecule has 7 heteroatoms. The Morgan fingerprint density at radius 3 is 2.47 bits per heavy atom. The molecule has 2 saturated heterocycles. The largest absolute Gasteiger partial charge is 0.388 e.